The normalized spacial score (nSPS) is 34.5. The van der Waals surface area contributed by atoms with Gasteiger partial charge in [-0.3, -0.25) is 0 Å². The van der Waals surface area contributed by atoms with Gasteiger partial charge in [0.05, 0.1) is 13.1 Å². The zero-order valence-corrected chi connectivity index (χ0v) is 4.28. The summed E-state index contributed by atoms with van der Waals surface area (Å²) in [4.78, 5) is 0. The summed E-state index contributed by atoms with van der Waals surface area (Å²) >= 11 is 0. The average molecular weight is 86.2 g/mol. The fraction of sp³-hybridized carbons (Fsp3) is 1.00. The Morgan fingerprint density at radius 3 is 2.67 bits per heavy atom. The average Bonchev–Trinajstić information content (AvgIpc) is 1.86. The molecule has 36 valence electrons. The van der Waals surface area contributed by atoms with E-state index in [-0.39, 0.29) is 0 Å². The van der Waals surface area contributed by atoms with Gasteiger partial charge in [0.15, 0.2) is 0 Å². The summed E-state index contributed by atoms with van der Waals surface area (Å²) in [6.07, 6.45) is 1.43. The van der Waals surface area contributed by atoms with Crippen molar-refractivity contribution in [1.29, 1.82) is 0 Å². The van der Waals surface area contributed by atoms with Crippen LogP contribution < -0.4 is 5.32 Å². The van der Waals surface area contributed by atoms with Gasteiger partial charge in [0, 0.05) is 12.3 Å². The van der Waals surface area contributed by atoms with Gasteiger partial charge >= 0.3 is 0 Å². The van der Waals surface area contributed by atoms with Gasteiger partial charge in [-0.05, 0) is 0 Å². The van der Waals surface area contributed by atoms with Gasteiger partial charge in [0.25, 0.3) is 0 Å². The summed E-state index contributed by atoms with van der Waals surface area (Å²) in [6.45, 7) is 5.03. The van der Waals surface area contributed by atoms with Crippen molar-refractivity contribution in [1.82, 2.24) is 0 Å². The van der Waals surface area contributed by atoms with Crippen LogP contribution in [0.25, 0.3) is 0 Å². The van der Waals surface area contributed by atoms with E-state index in [0.29, 0.717) is 0 Å². The van der Waals surface area contributed by atoms with Crippen LogP contribution in [0.15, 0.2) is 0 Å². The third-order valence-electron chi connectivity index (χ3n) is 1.43. The van der Waals surface area contributed by atoms with E-state index in [9.17, 15) is 0 Å². The largest absolute Gasteiger partial charge is 0.346 e. The van der Waals surface area contributed by atoms with Crippen molar-refractivity contribution in [3.05, 3.63) is 0 Å². The second-order valence-electron chi connectivity index (χ2n) is 2.21. The second-order valence-corrected chi connectivity index (χ2v) is 2.21. The Balaban J connectivity index is 2.18. The van der Waals surface area contributed by atoms with E-state index in [1.54, 1.807) is 0 Å². The van der Waals surface area contributed by atoms with Gasteiger partial charge in [0.1, 0.15) is 0 Å². The fourth-order valence-electron chi connectivity index (χ4n) is 0.923. The molecule has 0 radical (unpaired) electrons. The van der Waals surface area contributed by atoms with Gasteiger partial charge in [0.2, 0.25) is 0 Å². The van der Waals surface area contributed by atoms with E-state index < -0.39 is 0 Å². The smallest absolute Gasteiger partial charge is 0.0783 e. The van der Waals surface area contributed by atoms with Crippen LogP contribution in [0.3, 0.4) is 0 Å². The van der Waals surface area contributed by atoms with Crippen molar-refractivity contribution < 1.29 is 5.32 Å². The van der Waals surface area contributed by atoms with Crippen LogP contribution in [-0.2, 0) is 0 Å². The summed E-state index contributed by atoms with van der Waals surface area (Å²) in [5, 5.41) is 2.38. The molecule has 1 aliphatic rings. The minimum absolute atomic E-state index is 0.991. The summed E-state index contributed by atoms with van der Waals surface area (Å²) in [6, 6.07) is 0. The summed E-state index contributed by atoms with van der Waals surface area (Å²) in [5.74, 6) is 0.991. The molecular formula is C5H12N+. The van der Waals surface area contributed by atoms with E-state index in [2.05, 4.69) is 12.2 Å². The monoisotopic (exact) mass is 86.1 g/mol. The predicted molar refractivity (Wildman–Crippen MR) is 25.4 cm³/mol. The number of nitrogens with two attached hydrogens (primary N) is 1. The molecule has 1 heterocycles. The molecule has 1 rings (SSSR count). The second kappa shape index (κ2) is 1.61. The molecule has 0 aromatic heterocycles. The number of hydrogen-bond donors (Lipinski definition) is 1. The maximum absolute atomic E-state index is 2.38. The highest BCUT2D eigenvalue weighted by molar-refractivity contribution is 4.51. The van der Waals surface area contributed by atoms with Crippen LogP contribution in [0, 0.1) is 5.92 Å². The molecule has 1 nitrogen and oxygen atoms in total. The Bertz CT molecular complexity index is 37.2. The highest BCUT2D eigenvalue weighted by atomic mass is 14.9. The molecule has 1 heteroatoms. The highest BCUT2D eigenvalue weighted by Crippen LogP contribution is 1.97. The van der Waals surface area contributed by atoms with Gasteiger partial charge in [-0.2, -0.15) is 0 Å². The lowest BCUT2D eigenvalue weighted by Crippen LogP contribution is -2.81. The lowest BCUT2D eigenvalue weighted by atomic mass is 10.2. The Morgan fingerprint density at radius 1 is 1.67 bits per heavy atom. The molecule has 0 unspecified atom stereocenters. The molecule has 0 amide bonds. The molecule has 0 spiro atoms. The van der Waals surface area contributed by atoms with Crippen molar-refractivity contribution in [2.24, 2.45) is 5.92 Å². The topological polar surface area (TPSA) is 16.6 Å². The lowest BCUT2D eigenvalue weighted by Gasteiger charge is -1.86. The van der Waals surface area contributed by atoms with Crippen LogP contribution in [0.1, 0.15) is 13.3 Å². The van der Waals surface area contributed by atoms with Crippen molar-refractivity contribution in [2.75, 3.05) is 13.1 Å². The van der Waals surface area contributed by atoms with Crippen LogP contribution in [0.5, 0.6) is 0 Å². The molecule has 6 heavy (non-hydrogen) atoms. The number of hydrogen-bond acceptors (Lipinski definition) is 0. The molecule has 0 aromatic carbocycles. The maximum atomic E-state index is 2.38. The van der Waals surface area contributed by atoms with Crippen LogP contribution >= 0.6 is 0 Å². The molecule has 1 saturated heterocycles. The number of rotatable bonds is 0. The molecule has 1 aliphatic heterocycles. The first-order chi connectivity index (χ1) is 2.89. The standard InChI is InChI=1S/C5H11N/c1-5-2-3-6-4-5/h5-6H,2-4H2,1H3/p+1/t5-/m0/s1. The van der Waals surface area contributed by atoms with Gasteiger partial charge in [-0.1, -0.05) is 6.92 Å². The van der Waals surface area contributed by atoms with E-state index >= 15 is 0 Å². The van der Waals surface area contributed by atoms with Crippen LogP contribution in [-0.4, -0.2) is 13.1 Å². The molecule has 0 aromatic rings. The quantitative estimate of drug-likeness (QED) is 0.413. The fourth-order valence-corrected chi connectivity index (χ4v) is 0.923. The van der Waals surface area contributed by atoms with Crippen LogP contribution in [0.4, 0.5) is 0 Å². The Kier molecular flexibility index (Phi) is 1.10. The molecule has 0 aliphatic carbocycles. The van der Waals surface area contributed by atoms with E-state index in [4.69, 9.17) is 0 Å². The lowest BCUT2D eigenvalue weighted by molar-refractivity contribution is -0.637. The molecule has 1 fully saturated rings. The zero-order chi connectivity index (χ0) is 4.41. The van der Waals surface area contributed by atoms with Crippen molar-refractivity contribution in [3.63, 3.8) is 0 Å². The van der Waals surface area contributed by atoms with Gasteiger partial charge in [-0.25, -0.2) is 0 Å². The molecule has 0 saturated carbocycles. The van der Waals surface area contributed by atoms with Gasteiger partial charge < -0.3 is 5.32 Å². The van der Waals surface area contributed by atoms with Crippen LogP contribution in [0.2, 0.25) is 0 Å². The van der Waals surface area contributed by atoms with E-state index in [1.165, 1.54) is 19.5 Å². The third-order valence-corrected chi connectivity index (χ3v) is 1.43. The highest BCUT2D eigenvalue weighted by Gasteiger charge is 2.10. The summed E-state index contributed by atoms with van der Waals surface area (Å²) in [7, 11) is 0. The van der Waals surface area contributed by atoms with Gasteiger partial charge in [-0.15, -0.1) is 0 Å². The minimum atomic E-state index is 0.991. The molecule has 2 N–H and O–H groups in total. The first kappa shape index (κ1) is 4.13. The van der Waals surface area contributed by atoms with Crippen molar-refractivity contribution in [2.45, 2.75) is 13.3 Å². The summed E-state index contributed by atoms with van der Waals surface area (Å²) < 4.78 is 0. The maximum Gasteiger partial charge on any atom is 0.0783 e. The predicted octanol–water partition coefficient (Wildman–Crippen LogP) is -0.410. The third kappa shape index (κ3) is 0.716. The summed E-state index contributed by atoms with van der Waals surface area (Å²) in [5.41, 5.74) is 0. The van der Waals surface area contributed by atoms with Crippen molar-refractivity contribution in [3.8, 4) is 0 Å². The molecular weight excluding hydrogens is 74.1 g/mol. The molecule has 1 atom stereocenters. The Labute approximate surface area is 38.7 Å². The number of quaternary nitrogens is 1. The first-order valence-corrected chi connectivity index (χ1v) is 2.71. The Morgan fingerprint density at radius 2 is 2.50 bits per heavy atom. The molecule has 0 bridgehead atoms. The first-order valence-electron chi connectivity index (χ1n) is 2.71. The zero-order valence-electron chi connectivity index (χ0n) is 4.28. The van der Waals surface area contributed by atoms with E-state index in [0.717, 1.165) is 5.92 Å². The SMILES string of the molecule is C[C@H]1CC[NH2+]C1. The Hall–Kier alpha value is -0.0400. The van der Waals surface area contributed by atoms with Crippen molar-refractivity contribution >= 4 is 0 Å². The minimum Gasteiger partial charge on any atom is -0.346 e. The van der Waals surface area contributed by atoms with E-state index in [1.807, 2.05) is 0 Å².